The third-order valence-electron chi connectivity index (χ3n) is 13.9. The lowest BCUT2D eigenvalue weighted by atomic mass is 9.70. The van der Waals surface area contributed by atoms with Crippen molar-refractivity contribution >= 4 is 44.9 Å². The van der Waals surface area contributed by atoms with E-state index in [0.717, 1.165) is 17.1 Å². The number of aromatic nitrogens is 1. The first-order chi connectivity index (χ1) is 31.1. The van der Waals surface area contributed by atoms with Gasteiger partial charge in [-0.25, -0.2) is 0 Å². The van der Waals surface area contributed by atoms with Gasteiger partial charge in [-0.05, 0) is 112 Å². The Bertz CT molecular complexity index is 2760. The van der Waals surface area contributed by atoms with Crippen LogP contribution in [0, 0.1) is 0 Å². The van der Waals surface area contributed by atoms with E-state index in [1.807, 2.05) is 6.08 Å². The fraction of sp³-hybridized carbons (Fsp3) is 0.279. The molecule has 0 amide bonds. The molecule has 0 aliphatic heterocycles. The molecule has 0 radical (unpaired) electrons. The standard InChI is InChI=1S/C61H64N2/c1-4-7-9-11-13-23-41-61(42-24-14-12-10-8-5-2)57-43-46(6-3)31-38-53(57)54-39-36-52(45-58(54)61)63-59-30-22-21-29-55(59)56-44-51(37-40-60(56)63)62(49-27-19-16-20-28-49)50-34-32-48(33-35-50)47-25-17-15-18-26-47/h6,15-22,25-40,43-45H,3-5,7-14,23-24,41-42H2,1-2H3. The van der Waals surface area contributed by atoms with Crippen molar-refractivity contribution in [2.45, 2.75) is 109 Å². The first kappa shape index (κ1) is 42.2. The average Bonchev–Trinajstić information content (AvgIpc) is 3.81. The van der Waals surface area contributed by atoms with Crippen LogP contribution in [0.2, 0.25) is 0 Å². The lowest BCUT2D eigenvalue weighted by molar-refractivity contribution is 0.397. The highest BCUT2D eigenvalue weighted by Gasteiger charge is 2.42. The second-order valence-electron chi connectivity index (χ2n) is 18.0. The van der Waals surface area contributed by atoms with Crippen molar-refractivity contribution in [3.05, 3.63) is 187 Å². The molecule has 63 heavy (non-hydrogen) atoms. The van der Waals surface area contributed by atoms with Gasteiger partial charge in [0.15, 0.2) is 0 Å². The van der Waals surface area contributed by atoms with Crippen LogP contribution in [-0.4, -0.2) is 4.57 Å². The van der Waals surface area contributed by atoms with Gasteiger partial charge in [-0.15, -0.1) is 0 Å². The van der Waals surface area contributed by atoms with Gasteiger partial charge in [-0.3, -0.25) is 0 Å². The molecule has 1 aliphatic carbocycles. The van der Waals surface area contributed by atoms with E-state index in [4.69, 9.17) is 0 Å². The van der Waals surface area contributed by atoms with Crippen LogP contribution < -0.4 is 4.90 Å². The molecule has 8 aromatic rings. The molecule has 0 fully saturated rings. The third-order valence-corrected chi connectivity index (χ3v) is 13.9. The number of benzene rings is 7. The Morgan fingerprint density at radius 2 is 1.00 bits per heavy atom. The summed E-state index contributed by atoms with van der Waals surface area (Å²) < 4.78 is 2.54. The fourth-order valence-electron chi connectivity index (χ4n) is 10.7. The zero-order chi connectivity index (χ0) is 43.0. The highest BCUT2D eigenvalue weighted by atomic mass is 15.1. The molecule has 1 aliphatic rings. The van der Waals surface area contributed by atoms with Gasteiger partial charge in [0.2, 0.25) is 0 Å². The minimum atomic E-state index is -0.0205. The van der Waals surface area contributed by atoms with Crippen molar-refractivity contribution in [2.75, 3.05) is 4.90 Å². The van der Waals surface area contributed by atoms with Crippen molar-refractivity contribution < 1.29 is 0 Å². The molecule has 1 heterocycles. The summed E-state index contributed by atoms with van der Waals surface area (Å²) in [6.07, 6.45) is 20.1. The molecule has 0 saturated carbocycles. The van der Waals surface area contributed by atoms with Crippen LogP contribution in [0.3, 0.4) is 0 Å². The smallest absolute Gasteiger partial charge is 0.0542 e. The Labute approximate surface area is 376 Å². The first-order valence-electron chi connectivity index (χ1n) is 24.1. The zero-order valence-electron chi connectivity index (χ0n) is 37.7. The number of para-hydroxylation sites is 2. The summed E-state index contributed by atoms with van der Waals surface area (Å²) in [4.78, 5) is 2.39. The molecule has 0 bridgehead atoms. The van der Waals surface area contributed by atoms with Gasteiger partial charge < -0.3 is 9.47 Å². The maximum atomic E-state index is 4.23. The maximum absolute atomic E-state index is 4.23. The summed E-state index contributed by atoms with van der Waals surface area (Å²) in [6.45, 7) is 8.86. The average molecular weight is 825 g/mol. The van der Waals surface area contributed by atoms with E-state index in [9.17, 15) is 0 Å². The fourth-order valence-corrected chi connectivity index (χ4v) is 10.7. The molecule has 0 unspecified atom stereocenters. The number of hydrogen-bond acceptors (Lipinski definition) is 1. The van der Waals surface area contributed by atoms with E-state index in [2.05, 4.69) is 194 Å². The van der Waals surface area contributed by atoms with Crippen LogP contribution in [0.4, 0.5) is 17.1 Å². The van der Waals surface area contributed by atoms with Crippen LogP contribution in [-0.2, 0) is 5.41 Å². The van der Waals surface area contributed by atoms with Gasteiger partial charge in [-0.2, -0.15) is 0 Å². The Balaban J connectivity index is 1.15. The van der Waals surface area contributed by atoms with Crippen LogP contribution in [0.15, 0.2) is 170 Å². The number of fused-ring (bicyclic) bond motifs is 6. The molecule has 0 N–H and O–H groups in total. The molecule has 0 saturated heterocycles. The summed E-state index contributed by atoms with van der Waals surface area (Å²) in [6, 6.07) is 61.1. The van der Waals surface area contributed by atoms with Gasteiger partial charge in [0.25, 0.3) is 0 Å². The molecule has 2 heteroatoms. The maximum Gasteiger partial charge on any atom is 0.0542 e. The first-order valence-corrected chi connectivity index (χ1v) is 24.1. The van der Waals surface area contributed by atoms with Crippen molar-refractivity contribution in [2.24, 2.45) is 0 Å². The molecule has 318 valence electrons. The second kappa shape index (κ2) is 19.5. The minimum absolute atomic E-state index is 0.0205. The predicted octanol–water partition coefficient (Wildman–Crippen LogP) is 18.3. The summed E-state index contributed by atoms with van der Waals surface area (Å²) in [5, 5.41) is 2.53. The SMILES string of the molecule is C=Cc1ccc2c(c1)C(CCCCCCCC)(CCCCCCCC)c1cc(-n3c4ccccc4c4cc(N(c5ccccc5)c5ccc(-c6ccccc6)cc5)ccc43)ccc1-2. The van der Waals surface area contributed by atoms with E-state index in [0.29, 0.717) is 0 Å². The molecular formula is C61H64N2. The monoisotopic (exact) mass is 825 g/mol. The van der Waals surface area contributed by atoms with E-state index < -0.39 is 0 Å². The van der Waals surface area contributed by atoms with Crippen molar-refractivity contribution in [1.82, 2.24) is 4.57 Å². The highest BCUT2D eigenvalue weighted by Crippen LogP contribution is 2.55. The molecule has 7 aromatic carbocycles. The van der Waals surface area contributed by atoms with Crippen LogP contribution >= 0.6 is 0 Å². The zero-order valence-corrected chi connectivity index (χ0v) is 37.7. The minimum Gasteiger partial charge on any atom is -0.310 e. The summed E-state index contributed by atoms with van der Waals surface area (Å²) in [5.41, 5.74) is 16.7. The van der Waals surface area contributed by atoms with Gasteiger partial charge in [0, 0.05) is 38.9 Å². The number of unbranched alkanes of at least 4 members (excludes halogenated alkanes) is 10. The Morgan fingerprint density at radius 3 is 1.68 bits per heavy atom. The van der Waals surface area contributed by atoms with Crippen molar-refractivity contribution in [3.63, 3.8) is 0 Å². The molecule has 2 nitrogen and oxygen atoms in total. The normalized spacial score (nSPS) is 12.7. The van der Waals surface area contributed by atoms with E-state index in [-0.39, 0.29) is 5.41 Å². The molecule has 0 atom stereocenters. The number of nitrogens with zero attached hydrogens (tertiary/aromatic N) is 2. The number of anilines is 3. The van der Waals surface area contributed by atoms with E-state index >= 15 is 0 Å². The van der Waals surface area contributed by atoms with Gasteiger partial charge in [0.1, 0.15) is 0 Å². The Morgan fingerprint density at radius 1 is 0.460 bits per heavy atom. The Hall–Kier alpha value is -6.12. The molecule has 0 spiro atoms. The van der Waals surface area contributed by atoms with E-state index in [1.54, 1.807) is 0 Å². The second-order valence-corrected chi connectivity index (χ2v) is 18.0. The summed E-state index contributed by atoms with van der Waals surface area (Å²) >= 11 is 0. The molecular weight excluding hydrogens is 761 g/mol. The number of hydrogen-bond donors (Lipinski definition) is 0. The van der Waals surface area contributed by atoms with Crippen LogP contribution in [0.1, 0.15) is 120 Å². The van der Waals surface area contributed by atoms with Gasteiger partial charge >= 0.3 is 0 Å². The van der Waals surface area contributed by atoms with Crippen molar-refractivity contribution in [3.8, 4) is 27.9 Å². The topological polar surface area (TPSA) is 8.17 Å². The lowest BCUT2D eigenvalue weighted by Crippen LogP contribution is -2.26. The van der Waals surface area contributed by atoms with Crippen molar-refractivity contribution in [1.29, 1.82) is 0 Å². The quantitative estimate of drug-likeness (QED) is 0.0695. The largest absolute Gasteiger partial charge is 0.310 e. The van der Waals surface area contributed by atoms with Gasteiger partial charge in [0.05, 0.1) is 11.0 Å². The molecule has 1 aromatic heterocycles. The number of rotatable bonds is 20. The van der Waals surface area contributed by atoms with Gasteiger partial charge in [-0.1, -0.05) is 207 Å². The van der Waals surface area contributed by atoms with E-state index in [1.165, 1.54) is 156 Å². The lowest BCUT2D eigenvalue weighted by Gasteiger charge is -2.33. The van der Waals surface area contributed by atoms with Crippen LogP contribution in [0.5, 0.6) is 0 Å². The molecule has 9 rings (SSSR count). The predicted molar refractivity (Wildman–Crippen MR) is 273 cm³/mol. The highest BCUT2D eigenvalue weighted by molar-refractivity contribution is 6.10. The summed E-state index contributed by atoms with van der Waals surface area (Å²) in [7, 11) is 0. The summed E-state index contributed by atoms with van der Waals surface area (Å²) in [5.74, 6) is 0. The Kier molecular flexibility index (Phi) is 13.1. The van der Waals surface area contributed by atoms with Crippen LogP contribution in [0.25, 0.3) is 55.8 Å². The third kappa shape index (κ3) is 8.53.